The fourth-order valence-electron chi connectivity index (χ4n) is 1.92. The third kappa shape index (κ3) is 2.51. The van der Waals surface area contributed by atoms with Gasteiger partial charge in [0.1, 0.15) is 0 Å². The van der Waals surface area contributed by atoms with Crippen LogP contribution in [0, 0.1) is 16.0 Å². The summed E-state index contributed by atoms with van der Waals surface area (Å²) in [6, 6.07) is 1.24. The van der Waals surface area contributed by atoms with E-state index < -0.39 is 10.9 Å². The lowest BCUT2D eigenvalue weighted by Crippen LogP contribution is -2.48. The number of nitro groups is 1. The van der Waals surface area contributed by atoms with Crippen molar-refractivity contribution in [2.45, 2.75) is 6.42 Å². The van der Waals surface area contributed by atoms with Crippen LogP contribution in [-0.4, -0.2) is 34.1 Å². The zero-order chi connectivity index (χ0) is 13.3. The average molecular weight is 272 g/mol. The number of carboxylic acids is 1. The molecule has 1 aliphatic rings. The molecule has 8 heteroatoms. The standard InChI is InChI=1S/C10H10ClN3O4/c11-7-2-8(14(17)18)10(12-3-7)13-4-6(5-13)1-9(15)16/h2-3,6H,1,4-5H2,(H,15,16). The quantitative estimate of drug-likeness (QED) is 0.659. The van der Waals surface area contributed by atoms with E-state index >= 15 is 0 Å². The Morgan fingerprint density at radius 1 is 1.67 bits per heavy atom. The number of aliphatic carboxylic acids is 1. The lowest BCUT2D eigenvalue weighted by Gasteiger charge is -2.38. The largest absolute Gasteiger partial charge is 0.481 e. The van der Waals surface area contributed by atoms with E-state index in [9.17, 15) is 14.9 Å². The van der Waals surface area contributed by atoms with E-state index in [1.54, 1.807) is 4.90 Å². The smallest absolute Gasteiger partial charge is 0.313 e. The molecule has 0 atom stereocenters. The van der Waals surface area contributed by atoms with Gasteiger partial charge in [-0.05, 0) is 0 Å². The summed E-state index contributed by atoms with van der Waals surface area (Å²) >= 11 is 5.66. The highest BCUT2D eigenvalue weighted by atomic mass is 35.5. The van der Waals surface area contributed by atoms with E-state index in [0.29, 0.717) is 13.1 Å². The lowest BCUT2D eigenvalue weighted by atomic mass is 9.96. The highest BCUT2D eigenvalue weighted by Crippen LogP contribution is 2.33. The molecule has 0 saturated carbocycles. The Morgan fingerprint density at radius 3 is 2.89 bits per heavy atom. The summed E-state index contributed by atoms with van der Waals surface area (Å²) in [5.74, 6) is -0.608. The number of hydrogen-bond acceptors (Lipinski definition) is 5. The molecule has 0 amide bonds. The van der Waals surface area contributed by atoms with Gasteiger partial charge < -0.3 is 10.0 Å². The summed E-state index contributed by atoms with van der Waals surface area (Å²) in [6.45, 7) is 0.920. The van der Waals surface area contributed by atoms with Crippen molar-refractivity contribution in [1.82, 2.24) is 4.98 Å². The van der Waals surface area contributed by atoms with Crippen LogP contribution in [0.25, 0.3) is 0 Å². The monoisotopic (exact) mass is 271 g/mol. The predicted octanol–water partition coefficient (Wildman–Crippen LogP) is 1.55. The molecule has 0 bridgehead atoms. The molecular formula is C10H10ClN3O4. The van der Waals surface area contributed by atoms with Gasteiger partial charge in [-0.2, -0.15) is 0 Å². The van der Waals surface area contributed by atoms with E-state index in [2.05, 4.69) is 4.98 Å². The van der Waals surface area contributed by atoms with Gasteiger partial charge in [0, 0.05) is 31.3 Å². The minimum atomic E-state index is -0.863. The molecule has 2 heterocycles. The zero-order valence-corrected chi connectivity index (χ0v) is 10.0. The van der Waals surface area contributed by atoms with Crippen LogP contribution in [0.2, 0.25) is 5.02 Å². The van der Waals surface area contributed by atoms with Crippen LogP contribution in [-0.2, 0) is 4.79 Å². The number of pyridine rings is 1. The molecule has 1 aromatic rings. The van der Waals surface area contributed by atoms with Gasteiger partial charge >= 0.3 is 11.7 Å². The third-order valence-electron chi connectivity index (χ3n) is 2.73. The Labute approximate surface area is 107 Å². The Balaban J connectivity index is 2.11. The Kier molecular flexibility index (Phi) is 3.33. The molecule has 0 radical (unpaired) electrons. The first kappa shape index (κ1) is 12.6. The number of rotatable bonds is 4. The van der Waals surface area contributed by atoms with Gasteiger partial charge in [0.25, 0.3) is 0 Å². The molecule has 96 valence electrons. The number of halogens is 1. The van der Waals surface area contributed by atoms with Crippen LogP contribution in [0.15, 0.2) is 12.3 Å². The maximum absolute atomic E-state index is 10.9. The Hall–Kier alpha value is -1.89. The number of aromatic nitrogens is 1. The molecule has 2 rings (SSSR count). The first-order chi connectivity index (χ1) is 8.47. The number of hydrogen-bond donors (Lipinski definition) is 1. The molecule has 0 spiro atoms. The van der Waals surface area contributed by atoms with E-state index in [0.717, 1.165) is 0 Å². The molecular weight excluding hydrogens is 262 g/mol. The van der Waals surface area contributed by atoms with Gasteiger partial charge in [0.05, 0.1) is 16.4 Å². The van der Waals surface area contributed by atoms with E-state index in [1.807, 2.05) is 0 Å². The number of anilines is 1. The van der Waals surface area contributed by atoms with Crippen LogP contribution in [0.4, 0.5) is 11.5 Å². The van der Waals surface area contributed by atoms with Gasteiger partial charge in [-0.3, -0.25) is 14.9 Å². The summed E-state index contributed by atoms with van der Waals surface area (Å²) in [5.41, 5.74) is -0.156. The summed E-state index contributed by atoms with van der Waals surface area (Å²) in [5, 5.41) is 19.7. The van der Waals surface area contributed by atoms with E-state index in [1.165, 1.54) is 12.3 Å². The number of carboxylic acid groups (broad SMARTS) is 1. The van der Waals surface area contributed by atoms with Crippen molar-refractivity contribution < 1.29 is 14.8 Å². The molecule has 0 unspecified atom stereocenters. The van der Waals surface area contributed by atoms with Crippen LogP contribution in [0.1, 0.15) is 6.42 Å². The zero-order valence-electron chi connectivity index (χ0n) is 9.24. The SMILES string of the molecule is O=C(O)CC1CN(c2ncc(Cl)cc2[N+](=O)[O-])C1. The van der Waals surface area contributed by atoms with Crippen LogP contribution < -0.4 is 4.90 Å². The van der Waals surface area contributed by atoms with E-state index in [4.69, 9.17) is 16.7 Å². The minimum absolute atomic E-state index is 0.0135. The Morgan fingerprint density at radius 2 is 2.33 bits per heavy atom. The molecule has 7 nitrogen and oxygen atoms in total. The molecule has 1 aromatic heterocycles. The van der Waals surface area contributed by atoms with Gasteiger partial charge in [-0.1, -0.05) is 11.6 Å². The summed E-state index contributed by atoms with van der Waals surface area (Å²) in [4.78, 5) is 26.4. The molecule has 1 saturated heterocycles. The molecule has 0 aromatic carbocycles. The third-order valence-corrected chi connectivity index (χ3v) is 2.94. The minimum Gasteiger partial charge on any atom is -0.481 e. The van der Waals surface area contributed by atoms with Crippen molar-refractivity contribution in [3.05, 3.63) is 27.4 Å². The average Bonchev–Trinajstić information content (AvgIpc) is 2.23. The molecule has 1 aliphatic heterocycles. The normalized spacial score (nSPS) is 15.3. The lowest BCUT2D eigenvalue weighted by molar-refractivity contribution is -0.384. The highest BCUT2D eigenvalue weighted by molar-refractivity contribution is 6.30. The van der Waals surface area contributed by atoms with Crippen molar-refractivity contribution in [1.29, 1.82) is 0 Å². The predicted molar refractivity (Wildman–Crippen MR) is 63.9 cm³/mol. The van der Waals surface area contributed by atoms with Crippen molar-refractivity contribution in [2.24, 2.45) is 5.92 Å². The maximum Gasteiger partial charge on any atom is 0.313 e. The Bertz CT molecular complexity index is 502. The van der Waals surface area contributed by atoms with Crippen LogP contribution >= 0.6 is 11.6 Å². The second kappa shape index (κ2) is 4.77. The topological polar surface area (TPSA) is 96.6 Å². The fourth-order valence-corrected chi connectivity index (χ4v) is 2.07. The van der Waals surface area contributed by atoms with E-state index in [-0.39, 0.29) is 28.9 Å². The van der Waals surface area contributed by atoms with Crippen molar-refractivity contribution in [3.63, 3.8) is 0 Å². The first-order valence-corrected chi connectivity index (χ1v) is 5.62. The maximum atomic E-state index is 10.9. The first-order valence-electron chi connectivity index (χ1n) is 5.24. The van der Waals surface area contributed by atoms with Crippen LogP contribution in [0.3, 0.4) is 0 Å². The summed E-state index contributed by atoms with van der Waals surface area (Å²) in [7, 11) is 0. The number of nitrogens with zero attached hydrogens (tertiary/aromatic N) is 3. The number of carbonyl (C=O) groups is 1. The fraction of sp³-hybridized carbons (Fsp3) is 0.400. The van der Waals surface area contributed by atoms with Crippen molar-refractivity contribution in [3.8, 4) is 0 Å². The van der Waals surface area contributed by atoms with Gasteiger partial charge in [0.15, 0.2) is 0 Å². The van der Waals surface area contributed by atoms with Crippen molar-refractivity contribution >= 4 is 29.1 Å². The molecule has 1 N–H and O–H groups in total. The molecule has 0 aliphatic carbocycles. The van der Waals surface area contributed by atoms with Crippen LogP contribution in [0.5, 0.6) is 0 Å². The van der Waals surface area contributed by atoms with Gasteiger partial charge in [-0.25, -0.2) is 4.98 Å². The second-order valence-electron chi connectivity index (χ2n) is 4.12. The summed E-state index contributed by atoms with van der Waals surface area (Å²) < 4.78 is 0. The molecule has 18 heavy (non-hydrogen) atoms. The highest BCUT2D eigenvalue weighted by Gasteiger charge is 2.33. The summed E-state index contributed by atoms with van der Waals surface area (Å²) in [6.07, 6.45) is 1.41. The van der Waals surface area contributed by atoms with Crippen molar-refractivity contribution in [2.75, 3.05) is 18.0 Å². The second-order valence-corrected chi connectivity index (χ2v) is 4.56. The van der Waals surface area contributed by atoms with Gasteiger partial charge in [0.2, 0.25) is 5.82 Å². The molecule has 1 fully saturated rings. The van der Waals surface area contributed by atoms with Gasteiger partial charge in [-0.15, -0.1) is 0 Å².